The molecule has 122 valence electrons. The molecule has 1 N–H and O–H groups in total. The topological polar surface area (TPSA) is 24.5 Å². The summed E-state index contributed by atoms with van der Waals surface area (Å²) < 4.78 is 45.2. The van der Waals surface area contributed by atoms with E-state index in [1.54, 1.807) is 12.1 Å². The Morgan fingerprint density at radius 3 is 2.59 bits per heavy atom. The lowest BCUT2D eigenvalue weighted by atomic mass is 9.95. The summed E-state index contributed by atoms with van der Waals surface area (Å²) in [5, 5.41) is 3.22. The van der Waals surface area contributed by atoms with Crippen LogP contribution in [-0.4, -0.2) is 38.2 Å². The molecule has 1 atom stereocenters. The Labute approximate surface area is 128 Å². The van der Waals surface area contributed by atoms with Gasteiger partial charge >= 0.3 is 6.18 Å². The molecule has 1 saturated heterocycles. The molecule has 0 amide bonds. The summed E-state index contributed by atoms with van der Waals surface area (Å²) in [6.07, 6.45) is -2.25. The number of alkyl halides is 3. The first-order valence-corrected chi connectivity index (χ1v) is 7.28. The van der Waals surface area contributed by atoms with Gasteiger partial charge < -0.3 is 10.1 Å². The largest absolute Gasteiger partial charge is 0.497 e. The third kappa shape index (κ3) is 3.81. The first kappa shape index (κ1) is 16.8. The van der Waals surface area contributed by atoms with Crippen LogP contribution in [0.25, 0.3) is 0 Å². The highest BCUT2D eigenvalue weighted by molar-refractivity contribution is 5.39. The molecular weight excluding hydrogens is 293 g/mol. The fourth-order valence-corrected chi connectivity index (χ4v) is 2.82. The van der Waals surface area contributed by atoms with E-state index in [1.165, 1.54) is 13.2 Å². The van der Waals surface area contributed by atoms with Gasteiger partial charge in [0.1, 0.15) is 5.75 Å². The van der Waals surface area contributed by atoms with Crippen molar-refractivity contribution in [1.82, 2.24) is 10.2 Å². The van der Waals surface area contributed by atoms with Gasteiger partial charge in [0.2, 0.25) is 0 Å². The lowest BCUT2D eigenvalue weighted by Crippen LogP contribution is -2.45. The molecule has 1 aromatic carbocycles. The number of nitrogens with zero attached hydrogens (tertiary/aromatic N) is 1. The number of rotatable bonds is 5. The fraction of sp³-hybridized carbons (Fsp3) is 0.500. The summed E-state index contributed by atoms with van der Waals surface area (Å²) in [6.45, 7) is 6.71. The van der Waals surface area contributed by atoms with Crippen molar-refractivity contribution in [2.75, 3.05) is 33.3 Å². The standard InChI is InChI=1S/C16H21F3N2O/c1-3-4-15(21-9-7-20-8-10-21)13-6-5-12(22-2)11-14(13)16(17,18)19/h3,5-6,11,15,20H,1,4,7-10H2,2H3/t15-/m1/s1. The molecule has 0 saturated carbocycles. The molecule has 0 spiro atoms. The summed E-state index contributed by atoms with van der Waals surface area (Å²) in [7, 11) is 1.37. The Hall–Kier alpha value is -1.53. The van der Waals surface area contributed by atoms with Crippen molar-refractivity contribution in [2.24, 2.45) is 0 Å². The van der Waals surface area contributed by atoms with Gasteiger partial charge in [0.25, 0.3) is 0 Å². The fourth-order valence-electron chi connectivity index (χ4n) is 2.82. The average Bonchev–Trinajstić information content (AvgIpc) is 2.52. The van der Waals surface area contributed by atoms with E-state index in [-0.39, 0.29) is 17.4 Å². The summed E-state index contributed by atoms with van der Waals surface area (Å²) in [6, 6.07) is 3.87. The molecule has 0 aliphatic carbocycles. The molecular formula is C16H21F3N2O. The van der Waals surface area contributed by atoms with Crippen LogP contribution >= 0.6 is 0 Å². The van der Waals surface area contributed by atoms with Crippen molar-refractivity contribution < 1.29 is 17.9 Å². The molecule has 1 heterocycles. The summed E-state index contributed by atoms with van der Waals surface area (Å²) in [4.78, 5) is 2.08. The maximum Gasteiger partial charge on any atom is 0.416 e. The second-order valence-corrected chi connectivity index (χ2v) is 5.28. The van der Waals surface area contributed by atoms with Crippen LogP contribution in [0.15, 0.2) is 30.9 Å². The zero-order valence-corrected chi connectivity index (χ0v) is 12.6. The first-order valence-electron chi connectivity index (χ1n) is 7.28. The van der Waals surface area contributed by atoms with E-state index in [2.05, 4.69) is 16.8 Å². The lowest BCUT2D eigenvalue weighted by Gasteiger charge is -2.36. The Morgan fingerprint density at radius 1 is 1.36 bits per heavy atom. The van der Waals surface area contributed by atoms with Gasteiger partial charge in [0.05, 0.1) is 12.7 Å². The number of hydrogen-bond donors (Lipinski definition) is 1. The van der Waals surface area contributed by atoms with Crippen LogP contribution in [0.1, 0.15) is 23.6 Å². The van der Waals surface area contributed by atoms with Gasteiger partial charge in [-0.2, -0.15) is 13.2 Å². The van der Waals surface area contributed by atoms with Crippen molar-refractivity contribution in [1.29, 1.82) is 0 Å². The molecule has 0 unspecified atom stereocenters. The normalized spacial score (nSPS) is 18.0. The van der Waals surface area contributed by atoms with Gasteiger partial charge in [-0.05, 0) is 24.1 Å². The third-order valence-electron chi connectivity index (χ3n) is 3.91. The maximum absolute atomic E-state index is 13.4. The van der Waals surface area contributed by atoms with Crippen molar-refractivity contribution in [3.8, 4) is 5.75 Å². The van der Waals surface area contributed by atoms with E-state index in [4.69, 9.17) is 4.74 Å². The molecule has 3 nitrogen and oxygen atoms in total. The number of methoxy groups -OCH3 is 1. The van der Waals surface area contributed by atoms with Gasteiger partial charge in [0.15, 0.2) is 0 Å². The minimum Gasteiger partial charge on any atom is -0.497 e. The quantitative estimate of drug-likeness (QED) is 0.845. The van der Waals surface area contributed by atoms with E-state index in [1.807, 2.05) is 0 Å². The van der Waals surface area contributed by atoms with E-state index in [0.717, 1.165) is 32.2 Å². The molecule has 22 heavy (non-hydrogen) atoms. The highest BCUT2D eigenvalue weighted by Crippen LogP contribution is 2.39. The number of piperazine rings is 1. The predicted octanol–water partition coefficient (Wildman–Crippen LogP) is 3.24. The highest BCUT2D eigenvalue weighted by Gasteiger charge is 2.37. The summed E-state index contributed by atoms with van der Waals surface area (Å²) >= 11 is 0. The van der Waals surface area contributed by atoms with Crippen LogP contribution in [-0.2, 0) is 6.18 Å². The van der Waals surface area contributed by atoms with Crippen LogP contribution < -0.4 is 10.1 Å². The Balaban J connectivity index is 2.43. The molecule has 6 heteroatoms. The van der Waals surface area contributed by atoms with E-state index in [0.29, 0.717) is 6.42 Å². The number of nitrogens with one attached hydrogen (secondary N) is 1. The van der Waals surface area contributed by atoms with Crippen molar-refractivity contribution in [3.63, 3.8) is 0 Å². The number of ether oxygens (including phenoxy) is 1. The van der Waals surface area contributed by atoms with Gasteiger partial charge in [0, 0.05) is 32.2 Å². The molecule has 0 bridgehead atoms. The van der Waals surface area contributed by atoms with Crippen LogP contribution in [0.5, 0.6) is 5.75 Å². The molecule has 0 aromatic heterocycles. The second-order valence-electron chi connectivity index (χ2n) is 5.28. The van der Waals surface area contributed by atoms with Gasteiger partial charge in [-0.15, -0.1) is 6.58 Å². The van der Waals surface area contributed by atoms with E-state index in [9.17, 15) is 13.2 Å². The summed E-state index contributed by atoms with van der Waals surface area (Å²) in [5.74, 6) is 0.216. The summed E-state index contributed by atoms with van der Waals surface area (Å²) in [5.41, 5.74) is -0.340. The van der Waals surface area contributed by atoms with Crippen molar-refractivity contribution in [2.45, 2.75) is 18.6 Å². The molecule has 1 aliphatic rings. The molecule has 0 radical (unpaired) electrons. The second kappa shape index (κ2) is 7.15. The molecule has 1 aliphatic heterocycles. The molecule has 2 rings (SSSR count). The SMILES string of the molecule is C=CC[C@H](c1ccc(OC)cc1C(F)(F)F)N1CCNCC1. The van der Waals surface area contributed by atoms with Gasteiger partial charge in [-0.3, -0.25) is 4.90 Å². The first-order chi connectivity index (χ1) is 10.5. The van der Waals surface area contributed by atoms with Gasteiger partial charge in [-0.25, -0.2) is 0 Å². The molecule has 1 fully saturated rings. The third-order valence-corrected chi connectivity index (χ3v) is 3.91. The van der Waals surface area contributed by atoms with Crippen LogP contribution in [0.3, 0.4) is 0 Å². The van der Waals surface area contributed by atoms with E-state index < -0.39 is 11.7 Å². The highest BCUT2D eigenvalue weighted by atomic mass is 19.4. The van der Waals surface area contributed by atoms with Crippen LogP contribution in [0, 0.1) is 0 Å². The Bertz CT molecular complexity index is 511. The van der Waals surface area contributed by atoms with E-state index >= 15 is 0 Å². The lowest BCUT2D eigenvalue weighted by molar-refractivity contribution is -0.139. The van der Waals surface area contributed by atoms with Crippen molar-refractivity contribution >= 4 is 0 Å². The Morgan fingerprint density at radius 2 is 2.05 bits per heavy atom. The zero-order valence-electron chi connectivity index (χ0n) is 12.6. The average molecular weight is 314 g/mol. The minimum atomic E-state index is -4.41. The van der Waals surface area contributed by atoms with Crippen LogP contribution in [0.2, 0.25) is 0 Å². The molecule has 1 aromatic rings. The monoisotopic (exact) mass is 314 g/mol. The van der Waals surface area contributed by atoms with Gasteiger partial charge in [-0.1, -0.05) is 12.1 Å². The predicted molar refractivity (Wildman–Crippen MR) is 80.0 cm³/mol. The number of halogens is 3. The Kier molecular flexibility index (Phi) is 5.47. The number of hydrogen-bond acceptors (Lipinski definition) is 3. The smallest absolute Gasteiger partial charge is 0.416 e. The zero-order chi connectivity index (χ0) is 16.2. The maximum atomic E-state index is 13.4. The van der Waals surface area contributed by atoms with Crippen LogP contribution in [0.4, 0.5) is 13.2 Å². The minimum absolute atomic E-state index is 0.216. The number of benzene rings is 1. The van der Waals surface area contributed by atoms with Crippen molar-refractivity contribution in [3.05, 3.63) is 42.0 Å².